The molecule has 0 amide bonds. The smallest absolute Gasteiger partial charge is 0.0691 e. The van der Waals surface area contributed by atoms with Gasteiger partial charge >= 0.3 is 0 Å². The summed E-state index contributed by atoms with van der Waals surface area (Å²) >= 11 is 8.02. The minimum absolute atomic E-state index is 0.637. The van der Waals surface area contributed by atoms with Crippen LogP contribution in [0.4, 0.5) is 0 Å². The normalized spacial score (nSPS) is 18.7. The highest BCUT2D eigenvalue weighted by atomic mass is 32.2. The highest BCUT2D eigenvalue weighted by Crippen LogP contribution is 2.51. The van der Waals surface area contributed by atoms with E-state index in [2.05, 4.69) is 55.9 Å². The molecule has 0 nitrogen and oxygen atoms in total. The second-order valence-electron chi connectivity index (χ2n) is 4.16. The third-order valence-corrected chi connectivity index (χ3v) is 8.63. The van der Waals surface area contributed by atoms with E-state index < -0.39 is 0 Å². The summed E-state index contributed by atoms with van der Waals surface area (Å²) in [4.78, 5) is 7.42. The zero-order valence-electron chi connectivity index (χ0n) is 10.3. The number of hydrogen-bond acceptors (Lipinski definition) is 4. The maximum atomic E-state index is 2.25. The molecule has 2 heterocycles. The molecule has 0 radical (unpaired) electrons. The Labute approximate surface area is 125 Å². The highest BCUT2D eigenvalue weighted by molar-refractivity contribution is 8.19. The zero-order chi connectivity index (χ0) is 12.5. The fraction of sp³-hybridized carbons (Fsp3) is 0.286. The molecule has 1 aromatic heterocycles. The Bertz CT molecular complexity index is 544. The SMILES string of the molecule is Cc1sc(C)c2c1SCC(Sc1ccccc1)S2. The van der Waals surface area contributed by atoms with Crippen LogP contribution in [0.1, 0.15) is 9.75 Å². The van der Waals surface area contributed by atoms with Crippen LogP contribution in [0.5, 0.6) is 0 Å². The second kappa shape index (κ2) is 5.53. The molecule has 0 aliphatic carbocycles. The number of hydrogen-bond donors (Lipinski definition) is 0. The summed E-state index contributed by atoms with van der Waals surface area (Å²) in [6.07, 6.45) is 0. The molecule has 0 fully saturated rings. The first kappa shape index (κ1) is 13.0. The third kappa shape index (κ3) is 2.62. The van der Waals surface area contributed by atoms with E-state index in [1.54, 1.807) is 0 Å². The molecule has 0 bridgehead atoms. The Kier molecular flexibility index (Phi) is 3.99. The molecule has 4 heteroatoms. The number of thiophene rings is 1. The third-order valence-electron chi connectivity index (χ3n) is 2.78. The first-order valence-corrected chi connectivity index (χ1v) is 9.41. The van der Waals surface area contributed by atoms with Crippen molar-refractivity contribution in [2.45, 2.75) is 33.1 Å². The monoisotopic (exact) mass is 310 g/mol. The highest BCUT2D eigenvalue weighted by Gasteiger charge is 2.25. The molecule has 3 rings (SSSR count). The summed E-state index contributed by atoms with van der Waals surface area (Å²) in [7, 11) is 0. The van der Waals surface area contributed by atoms with Crippen molar-refractivity contribution in [3.05, 3.63) is 40.1 Å². The van der Waals surface area contributed by atoms with Gasteiger partial charge in [-0.05, 0) is 26.0 Å². The Hall–Kier alpha value is -0.0300. The van der Waals surface area contributed by atoms with E-state index in [0.29, 0.717) is 4.58 Å². The fourth-order valence-electron chi connectivity index (χ4n) is 1.97. The van der Waals surface area contributed by atoms with Crippen molar-refractivity contribution in [1.82, 2.24) is 0 Å². The summed E-state index contributed by atoms with van der Waals surface area (Å²) < 4.78 is 0.637. The molecular formula is C14H14S4. The molecule has 1 aliphatic rings. The van der Waals surface area contributed by atoms with E-state index >= 15 is 0 Å². The number of aryl methyl sites for hydroxylation is 2. The summed E-state index contributed by atoms with van der Waals surface area (Å²) in [6, 6.07) is 10.7. The van der Waals surface area contributed by atoms with Crippen LogP contribution in [0.2, 0.25) is 0 Å². The van der Waals surface area contributed by atoms with Gasteiger partial charge in [0.15, 0.2) is 0 Å². The van der Waals surface area contributed by atoms with Gasteiger partial charge in [-0.15, -0.1) is 46.6 Å². The number of benzene rings is 1. The minimum atomic E-state index is 0.637. The van der Waals surface area contributed by atoms with Crippen LogP contribution >= 0.6 is 46.6 Å². The number of thioether (sulfide) groups is 3. The van der Waals surface area contributed by atoms with E-state index in [4.69, 9.17) is 0 Å². The maximum Gasteiger partial charge on any atom is 0.0691 e. The molecule has 1 aliphatic heterocycles. The van der Waals surface area contributed by atoms with Crippen LogP contribution in [-0.2, 0) is 0 Å². The van der Waals surface area contributed by atoms with Crippen molar-refractivity contribution in [1.29, 1.82) is 0 Å². The lowest BCUT2D eigenvalue weighted by molar-refractivity contribution is 1.19. The van der Waals surface area contributed by atoms with Crippen LogP contribution in [-0.4, -0.2) is 10.3 Å². The summed E-state index contributed by atoms with van der Waals surface area (Å²) in [5.41, 5.74) is 0. The lowest BCUT2D eigenvalue weighted by Gasteiger charge is -2.22. The molecule has 0 N–H and O–H groups in total. The van der Waals surface area contributed by atoms with Gasteiger partial charge in [-0.1, -0.05) is 18.2 Å². The lowest BCUT2D eigenvalue weighted by atomic mass is 10.4. The molecular weight excluding hydrogens is 296 g/mol. The van der Waals surface area contributed by atoms with Gasteiger partial charge < -0.3 is 0 Å². The number of fused-ring (bicyclic) bond motifs is 1. The topological polar surface area (TPSA) is 0 Å². The van der Waals surface area contributed by atoms with Crippen molar-refractivity contribution in [2.75, 3.05) is 5.75 Å². The summed E-state index contributed by atoms with van der Waals surface area (Å²) in [5, 5.41) is 0. The van der Waals surface area contributed by atoms with Crippen molar-refractivity contribution in [3.8, 4) is 0 Å². The Morgan fingerprint density at radius 3 is 2.56 bits per heavy atom. The van der Waals surface area contributed by atoms with E-state index in [0.717, 1.165) is 0 Å². The van der Waals surface area contributed by atoms with E-state index in [9.17, 15) is 0 Å². The molecule has 18 heavy (non-hydrogen) atoms. The van der Waals surface area contributed by atoms with Gasteiger partial charge in [0.2, 0.25) is 0 Å². The van der Waals surface area contributed by atoms with Crippen molar-refractivity contribution in [3.63, 3.8) is 0 Å². The molecule has 2 aromatic rings. The van der Waals surface area contributed by atoms with Crippen LogP contribution < -0.4 is 0 Å². The Morgan fingerprint density at radius 1 is 1.06 bits per heavy atom. The van der Waals surface area contributed by atoms with Gasteiger partial charge in [0.25, 0.3) is 0 Å². The van der Waals surface area contributed by atoms with E-state index in [1.807, 2.05) is 34.9 Å². The molecule has 0 saturated heterocycles. The fourth-order valence-corrected chi connectivity index (χ4v) is 7.71. The molecule has 94 valence electrons. The molecule has 0 spiro atoms. The van der Waals surface area contributed by atoms with Gasteiger partial charge in [0.1, 0.15) is 0 Å². The standard InChI is InChI=1S/C14H14S4/c1-9-13-14(10(2)16-9)18-12(8-15-13)17-11-6-4-3-5-7-11/h3-7,12H,8H2,1-2H3. The van der Waals surface area contributed by atoms with E-state index in [1.165, 1.54) is 30.2 Å². The quantitative estimate of drug-likeness (QED) is 0.700. The Balaban J connectivity index is 1.77. The second-order valence-corrected chi connectivity index (χ2v) is 9.41. The predicted molar refractivity (Wildman–Crippen MR) is 86.5 cm³/mol. The predicted octanol–water partition coefficient (Wildman–Crippen LogP) is 5.68. The summed E-state index contributed by atoms with van der Waals surface area (Å²) in [6.45, 7) is 4.49. The molecule has 1 atom stereocenters. The van der Waals surface area contributed by atoms with Crippen LogP contribution in [0.15, 0.2) is 45.0 Å². The average molecular weight is 311 g/mol. The van der Waals surface area contributed by atoms with Crippen molar-refractivity contribution in [2.24, 2.45) is 0 Å². The summed E-state index contributed by atoms with van der Waals surface area (Å²) in [5.74, 6) is 1.20. The maximum absolute atomic E-state index is 2.25. The first-order valence-electron chi connectivity index (χ1n) is 5.85. The zero-order valence-corrected chi connectivity index (χ0v) is 13.6. The Morgan fingerprint density at radius 2 is 1.78 bits per heavy atom. The van der Waals surface area contributed by atoms with E-state index in [-0.39, 0.29) is 0 Å². The van der Waals surface area contributed by atoms with Crippen molar-refractivity contribution >= 4 is 46.6 Å². The number of rotatable bonds is 2. The molecule has 1 unspecified atom stereocenters. The lowest BCUT2D eigenvalue weighted by Crippen LogP contribution is -2.05. The van der Waals surface area contributed by atoms with Gasteiger partial charge in [-0.25, -0.2) is 0 Å². The van der Waals surface area contributed by atoms with Crippen LogP contribution in [0, 0.1) is 13.8 Å². The van der Waals surface area contributed by atoms with Crippen molar-refractivity contribution < 1.29 is 0 Å². The van der Waals surface area contributed by atoms with Crippen LogP contribution in [0.3, 0.4) is 0 Å². The van der Waals surface area contributed by atoms with Gasteiger partial charge in [-0.2, -0.15) is 0 Å². The largest absolute Gasteiger partial charge is 0.144 e. The van der Waals surface area contributed by atoms with Gasteiger partial charge in [0.05, 0.1) is 4.58 Å². The van der Waals surface area contributed by atoms with Gasteiger partial charge in [-0.3, -0.25) is 0 Å². The van der Waals surface area contributed by atoms with Gasteiger partial charge in [0, 0.05) is 30.2 Å². The first-order chi connectivity index (χ1) is 8.74. The minimum Gasteiger partial charge on any atom is -0.144 e. The molecule has 1 aromatic carbocycles. The molecule has 0 saturated carbocycles. The average Bonchev–Trinajstić information content (AvgIpc) is 2.66. The van der Waals surface area contributed by atoms with Crippen LogP contribution in [0.25, 0.3) is 0 Å².